The third-order valence-electron chi connectivity index (χ3n) is 5.92. The molecule has 2 fully saturated rings. The van der Waals surface area contributed by atoms with Gasteiger partial charge in [-0.05, 0) is 12.8 Å². The Morgan fingerprint density at radius 1 is 0.914 bits per heavy atom. The molecule has 0 aliphatic carbocycles. The molecule has 2 saturated heterocycles. The number of nitrogens with one attached hydrogen (secondary N) is 1. The zero-order valence-corrected chi connectivity index (χ0v) is 19.5. The van der Waals surface area contributed by atoms with Crippen molar-refractivity contribution < 1.29 is 19.5 Å². The first kappa shape index (κ1) is 24.5. The van der Waals surface area contributed by atoms with Crippen molar-refractivity contribution in [1.29, 1.82) is 0 Å². The van der Waals surface area contributed by atoms with E-state index < -0.39 is 5.91 Å². The molecule has 0 atom stereocenters. The van der Waals surface area contributed by atoms with Crippen LogP contribution in [0.4, 0.5) is 17.8 Å². The Kier molecular flexibility index (Phi) is 8.15. The molecule has 14 nitrogen and oxygen atoms in total. The summed E-state index contributed by atoms with van der Waals surface area (Å²) in [6.07, 6.45) is 4.88. The minimum Gasteiger partial charge on any atom is -0.378 e. The van der Waals surface area contributed by atoms with Crippen LogP contribution < -0.4 is 21.0 Å². The first-order chi connectivity index (χ1) is 17.0. The molecule has 4 heterocycles. The van der Waals surface area contributed by atoms with E-state index in [0.29, 0.717) is 95.0 Å². The predicted molar refractivity (Wildman–Crippen MR) is 125 cm³/mol. The molecule has 0 radical (unpaired) electrons. The number of ether oxygens (including phenoxy) is 1. The number of unbranched alkanes of at least 4 members (excludes halogenated alkanes) is 1. The highest BCUT2D eigenvalue weighted by atomic mass is 16.5. The molecule has 188 valence electrons. The summed E-state index contributed by atoms with van der Waals surface area (Å²) in [5.41, 5.74) is 7.87. The van der Waals surface area contributed by atoms with E-state index in [0.717, 1.165) is 0 Å². The fourth-order valence-electron chi connectivity index (χ4n) is 3.91. The van der Waals surface area contributed by atoms with E-state index in [9.17, 15) is 9.59 Å². The van der Waals surface area contributed by atoms with E-state index in [1.54, 1.807) is 17.9 Å². The number of hydroxylamine groups is 1. The summed E-state index contributed by atoms with van der Waals surface area (Å²) in [5, 5.41) is 8.54. The van der Waals surface area contributed by atoms with Crippen LogP contribution in [0.5, 0.6) is 0 Å². The van der Waals surface area contributed by atoms with Gasteiger partial charge in [0.05, 0.1) is 18.8 Å². The van der Waals surface area contributed by atoms with Crippen molar-refractivity contribution in [3.05, 3.63) is 12.4 Å². The lowest BCUT2D eigenvalue weighted by Gasteiger charge is -2.35. The Morgan fingerprint density at radius 2 is 1.51 bits per heavy atom. The van der Waals surface area contributed by atoms with E-state index in [2.05, 4.69) is 24.8 Å². The van der Waals surface area contributed by atoms with Gasteiger partial charge in [0.15, 0.2) is 5.82 Å². The quantitative estimate of drug-likeness (QED) is 0.247. The van der Waals surface area contributed by atoms with E-state index in [-0.39, 0.29) is 18.3 Å². The number of hydrogen-bond acceptors (Lipinski definition) is 12. The number of amides is 2. The van der Waals surface area contributed by atoms with Gasteiger partial charge < -0.3 is 25.2 Å². The minimum absolute atomic E-state index is 0.0541. The zero-order valence-electron chi connectivity index (χ0n) is 19.5. The van der Waals surface area contributed by atoms with Gasteiger partial charge in [0.1, 0.15) is 0 Å². The molecule has 2 aliphatic heterocycles. The summed E-state index contributed by atoms with van der Waals surface area (Å²) in [5.74, 6) is 1.35. The number of nitrogens with zero attached hydrogens (tertiary/aromatic N) is 8. The smallest absolute Gasteiger partial charge is 0.243 e. The second-order valence-electron chi connectivity index (χ2n) is 8.30. The third-order valence-corrected chi connectivity index (χ3v) is 5.92. The van der Waals surface area contributed by atoms with Crippen molar-refractivity contribution in [2.75, 3.05) is 68.0 Å². The minimum atomic E-state index is -0.440. The maximum atomic E-state index is 12.6. The molecule has 4 N–H and O–H groups in total. The molecule has 14 heteroatoms. The van der Waals surface area contributed by atoms with Crippen molar-refractivity contribution >= 4 is 29.7 Å². The highest BCUT2D eigenvalue weighted by molar-refractivity contribution is 5.77. The van der Waals surface area contributed by atoms with Gasteiger partial charge in [-0.15, -0.1) is 0 Å². The maximum Gasteiger partial charge on any atom is 0.243 e. The first-order valence-electron chi connectivity index (χ1n) is 11.7. The molecule has 0 spiro atoms. The fourth-order valence-corrected chi connectivity index (χ4v) is 3.91. The molecule has 4 rings (SSSR count). The molecule has 0 saturated carbocycles. The van der Waals surface area contributed by atoms with Gasteiger partial charge in [-0.3, -0.25) is 14.8 Å². The molecular weight excluding hydrogens is 456 g/mol. The van der Waals surface area contributed by atoms with Crippen LogP contribution in [-0.2, 0) is 14.3 Å². The zero-order chi connectivity index (χ0) is 24.6. The van der Waals surface area contributed by atoms with E-state index in [4.69, 9.17) is 20.7 Å². The van der Waals surface area contributed by atoms with Crippen molar-refractivity contribution in [2.45, 2.75) is 25.7 Å². The van der Waals surface area contributed by atoms with E-state index >= 15 is 0 Å². The molecule has 0 bridgehead atoms. The highest BCUT2D eigenvalue weighted by Gasteiger charge is 2.25. The van der Waals surface area contributed by atoms with Crippen LogP contribution in [0.2, 0.25) is 0 Å². The number of anilines is 3. The second-order valence-corrected chi connectivity index (χ2v) is 8.30. The maximum absolute atomic E-state index is 12.6. The first-order valence-corrected chi connectivity index (χ1v) is 11.7. The molecule has 2 aliphatic rings. The van der Waals surface area contributed by atoms with Crippen LogP contribution >= 0.6 is 0 Å². The Bertz CT molecular complexity index is 1010. The average Bonchev–Trinajstić information content (AvgIpc) is 2.91. The van der Waals surface area contributed by atoms with E-state index in [1.807, 2.05) is 9.80 Å². The largest absolute Gasteiger partial charge is 0.378 e. The summed E-state index contributed by atoms with van der Waals surface area (Å²) in [7, 11) is 0. The molecular formula is C21H30N10O4. The number of piperazine rings is 1. The summed E-state index contributed by atoms with van der Waals surface area (Å²) < 4.78 is 5.46. The summed E-state index contributed by atoms with van der Waals surface area (Å²) >= 11 is 0. The lowest BCUT2D eigenvalue weighted by Crippen LogP contribution is -2.49. The van der Waals surface area contributed by atoms with E-state index in [1.165, 1.54) is 0 Å². The van der Waals surface area contributed by atoms with Crippen molar-refractivity contribution in [2.24, 2.45) is 0 Å². The number of rotatable bonds is 8. The lowest BCUT2D eigenvalue weighted by atomic mass is 10.1. The SMILES string of the molecule is Nc1ncc(-c2nc(N3CCOCC3)nc(N3CCN(C(=O)CCCCC(=O)NO)CC3)n2)cn1. The number of morpholine rings is 1. The number of carbonyl (C=O) groups excluding carboxylic acids is 2. The predicted octanol–water partition coefficient (Wildman–Crippen LogP) is -0.538. The van der Waals surface area contributed by atoms with Crippen LogP contribution in [-0.4, -0.2) is 99.3 Å². The van der Waals surface area contributed by atoms with Crippen LogP contribution in [0.3, 0.4) is 0 Å². The molecule has 35 heavy (non-hydrogen) atoms. The molecule has 0 unspecified atom stereocenters. The van der Waals surface area contributed by atoms with Gasteiger partial charge in [0.25, 0.3) is 0 Å². The fraction of sp³-hybridized carbons (Fsp3) is 0.571. The van der Waals surface area contributed by atoms with Crippen LogP contribution in [0.15, 0.2) is 12.4 Å². The summed E-state index contributed by atoms with van der Waals surface area (Å²) in [6.45, 7) is 4.85. The number of hydrogen-bond donors (Lipinski definition) is 3. The Balaban J connectivity index is 1.42. The van der Waals surface area contributed by atoms with Gasteiger partial charge in [-0.1, -0.05) is 0 Å². The van der Waals surface area contributed by atoms with Crippen molar-refractivity contribution in [3.8, 4) is 11.4 Å². The van der Waals surface area contributed by atoms with Crippen LogP contribution in [0.25, 0.3) is 11.4 Å². The number of nitrogens with two attached hydrogens (primary N) is 1. The van der Waals surface area contributed by atoms with Gasteiger partial charge in [-0.2, -0.15) is 15.0 Å². The Labute approximate surface area is 202 Å². The lowest BCUT2D eigenvalue weighted by molar-refractivity contribution is -0.132. The normalized spacial score (nSPS) is 16.3. The Hall–Kier alpha value is -3.65. The molecule has 2 aromatic rings. The van der Waals surface area contributed by atoms with Crippen LogP contribution in [0.1, 0.15) is 25.7 Å². The summed E-state index contributed by atoms with van der Waals surface area (Å²) in [4.78, 5) is 51.7. The van der Waals surface area contributed by atoms with Gasteiger partial charge in [0.2, 0.25) is 29.7 Å². The van der Waals surface area contributed by atoms with Crippen LogP contribution in [0, 0.1) is 0 Å². The van der Waals surface area contributed by atoms with Crippen molar-refractivity contribution in [3.63, 3.8) is 0 Å². The highest BCUT2D eigenvalue weighted by Crippen LogP contribution is 2.22. The summed E-state index contributed by atoms with van der Waals surface area (Å²) in [6, 6.07) is 0. The molecule has 2 amide bonds. The number of aromatic nitrogens is 5. The van der Waals surface area contributed by atoms with Gasteiger partial charge in [-0.25, -0.2) is 15.4 Å². The Morgan fingerprint density at radius 3 is 2.14 bits per heavy atom. The monoisotopic (exact) mass is 486 g/mol. The third kappa shape index (κ3) is 6.48. The van der Waals surface area contributed by atoms with Gasteiger partial charge in [0, 0.05) is 64.5 Å². The molecule has 0 aromatic carbocycles. The number of carbonyl (C=O) groups is 2. The second kappa shape index (κ2) is 11.7. The van der Waals surface area contributed by atoms with Crippen molar-refractivity contribution in [1.82, 2.24) is 35.3 Å². The number of nitrogen functional groups attached to an aromatic ring is 1. The average molecular weight is 487 g/mol. The topological polar surface area (TPSA) is 176 Å². The van der Waals surface area contributed by atoms with Gasteiger partial charge >= 0.3 is 0 Å². The molecule has 2 aromatic heterocycles. The standard InChI is InChI=1S/C21H30N10O4/c22-19-23-13-15(14-24-19)18-25-20(27-21(26-18)31-9-11-35-12-10-31)30-7-5-29(6-8-30)17(33)4-2-1-3-16(32)28-34/h13-14,34H,1-12H2,(H,28,32)(H2,22,23,24).